The number of aromatic nitrogens is 1. The normalized spacial score (nSPS) is 13.3. The van der Waals surface area contributed by atoms with Gasteiger partial charge in [-0.1, -0.05) is 101 Å². The second-order valence-corrected chi connectivity index (χ2v) is 14.0. The molecule has 3 rings (SSSR count). The van der Waals surface area contributed by atoms with E-state index in [1.165, 1.54) is 39.1 Å². The summed E-state index contributed by atoms with van der Waals surface area (Å²) < 4.78 is 0. The Balaban J connectivity index is 0.000000489. The quantitative estimate of drug-likeness (QED) is 0.166. The van der Waals surface area contributed by atoms with Gasteiger partial charge in [0, 0.05) is 43.2 Å². The van der Waals surface area contributed by atoms with Crippen LogP contribution in [0.25, 0.3) is 22.0 Å². The minimum atomic E-state index is -0.417. The molecule has 1 N–H and O–H groups in total. The molecular weight excluding hydrogens is 671 g/mol. The molecule has 0 spiro atoms. The summed E-state index contributed by atoms with van der Waals surface area (Å²) in [5.74, 6) is 0.659. The first-order valence-electron chi connectivity index (χ1n) is 14.1. The zero-order chi connectivity index (χ0) is 29.9. The second-order valence-electron chi connectivity index (χ2n) is 14.0. The van der Waals surface area contributed by atoms with Crippen LogP contribution in [0.2, 0.25) is 0 Å². The molecule has 3 nitrogen and oxygen atoms in total. The summed E-state index contributed by atoms with van der Waals surface area (Å²) in [6.45, 7) is 26.7. The van der Waals surface area contributed by atoms with E-state index in [9.17, 15) is 9.90 Å². The maximum absolute atomic E-state index is 11.5. The molecule has 1 atom stereocenters. The van der Waals surface area contributed by atoms with Crippen LogP contribution in [0.1, 0.15) is 111 Å². The standard InChI is InChI=1S/C25H30N.C11H20O2.Ir/c1-8-17(3)19-9-10-22-18(4)15-26-24(23(22)14-19)20-11-16(2)12-21(13-20)25(5,6)7;1-10(2,3)8(12)7-9(13)11(4,5)6;/h9-10,12-15,17H,8H2,1-7H3;7,12H,1-6H3;/q-1;;/b;8-7-;. The maximum atomic E-state index is 11.5. The number of aliphatic hydroxyl groups is 1. The van der Waals surface area contributed by atoms with Crippen LogP contribution >= 0.6 is 0 Å². The number of carbonyl (C=O) groups excluding carboxylic acids is 1. The molecule has 3 aromatic rings. The van der Waals surface area contributed by atoms with Gasteiger partial charge in [0.1, 0.15) is 5.76 Å². The fraction of sp³-hybridized carbons (Fsp3) is 0.500. The minimum absolute atomic E-state index is 0. The molecule has 2 aromatic carbocycles. The van der Waals surface area contributed by atoms with Gasteiger partial charge in [0.05, 0.1) is 0 Å². The molecule has 0 aliphatic rings. The number of ketones is 1. The molecule has 1 unspecified atom stereocenters. The van der Waals surface area contributed by atoms with Crippen LogP contribution in [0.15, 0.2) is 48.4 Å². The Kier molecular flexibility index (Phi) is 12.1. The number of aliphatic hydroxyl groups excluding tert-OH is 1. The van der Waals surface area contributed by atoms with Crippen LogP contribution in [0.4, 0.5) is 0 Å². The molecule has 0 aliphatic carbocycles. The average molecular weight is 721 g/mol. The van der Waals surface area contributed by atoms with Gasteiger partial charge >= 0.3 is 0 Å². The third-order valence-corrected chi connectivity index (χ3v) is 7.19. The first-order chi connectivity index (χ1) is 17.8. The summed E-state index contributed by atoms with van der Waals surface area (Å²) in [7, 11) is 0. The first-order valence-corrected chi connectivity index (χ1v) is 14.1. The van der Waals surface area contributed by atoms with E-state index in [-0.39, 0.29) is 42.5 Å². The summed E-state index contributed by atoms with van der Waals surface area (Å²) in [6.07, 6.45) is 4.47. The SMILES string of the molecule is CC(C)(C)C(=O)/C=C(\O)C(C)(C)C.CCC(C)c1ccc2c(C)cnc(-c3[c-]c(C)cc(C(C)(C)C)c3)c2c1.[Ir]. The van der Waals surface area contributed by atoms with Crippen molar-refractivity contribution in [1.82, 2.24) is 4.98 Å². The van der Waals surface area contributed by atoms with Crippen molar-refractivity contribution in [2.24, 2.45) is 10.8 Å². The molecule has 0 bridgehead atoms. The summed E-state index contributed by atoms with van der Waals surface area (Å²) in [5.41, 5.74) is 6.60. The Morgan fingerprint density at radius 1 is 0.950 bits per heavy atom. The number of nitrogens with zero attached hydrogens (tertiary/aromatic N) is 1. The number of benzene rings is 2. The van der Waals surface area contributed by atoms with Gasteiger partial charge in [0.2, 0.25) is 0 Å². The molecule has 4 heteroatoms. The van der Waals surface area contributed by atoms with Gasteiger partial charge < -0.3 is 10.1 Å². The molecule has 1 radical (unpaired) electrons. The largest absolute Gasteiger partial charge is 0.512 e. The molecule has 40 heavy (non-hydrogen) atoms. The molecule has 0 amide bonds. The molecule has 221 valence electrons. The van der Waals surface area contributed by atoms with Crippen molar-refractivity contribution in [3.8, 4) is 11.3 Å². The van der Waals surface area contributed by atoms with E-state index >= 15 is 0 Å². The van der Waals surface area contributed by atoms with Crippen LogP contribution in [0.5, 0.6) is 0 Å². The van der Waals surface area contributed by atoms with E-state index in [1.807, 2.05) is 47.7 Å². The van der Waals surface area contributed by atoms with Gasteiger partial charge in [0.15, 0.2) is 5.78 Å². The fourth-order valence-corrected chi connectivity index (χ4v) is 3.99. The molecule has 0 saturated heterocycles. The number of fused-ring (bicyclic) bond motifs is 1. The van der Waals surface area contributed by atoms with E-state index < -0.39 is 5.41 Å². The van der Waals surface area contributed by atoms with Gasteiger partial charge in [-0.05, 0) is 52.3 Å². The van der Waals surface area contributed by atoms with E-state index in [2.05, 4.69) is 84.9 Å². The monoisotopic (exact) mass is 721 g/mol. The Labute approximate surface area is 257 Å². The van der Waals surface area contributed by atoms with Gasteiger partial charge in [-0.25, -0.2) is 0 Å². The van der Waals surface area contributed by atoms with Crippen LogP contribution < -0.4 is 0 Å². The Hall–Kier alpha value is -2.29. The maximum Gasteiger partial charge on any atom is 0.164 e. The fourth-order valence-electron chi connectivity index (χ4n) is 3.99. The van der Waals surface area contributed by atoms with Crippen LogP contribution in [-0.4, -0.2) is 15.9 Å². The van der Waals surface area contributed by atoms with E-state index in [1.54, 1.807) is 0 Å². The van der Waals surface area contributed by atoms with Crippen molar-refractivity contribution in [1.29, 1.82) is 0 Å². The number of aryl methyl sites for hydroxylation is 2. The molecule has 0 saturated carbocycles. The third-order valence-electron chi connectivity index (χ3n) is 7.19. The van der Waals surface area contributed by atoms with Gasteiger partial charge in [-0.2, -0.15) is 0 Å². The zero-order valence-electron chi connectivity index (χ0n) is 27.0. The van der Waals surface area contributed by atoms with E-state index in [4.69, 9.17) is 4.98 Å². The Morgan fingerprint density at radius 2 is 1.55 bits per heavy atom. The smallest absolute Gasteiger partial charge is 0.164 e. The van der Waals surface area contributed by atoms with Crippen molar-refractivity contribution in [3.05, 3.63) is 76.7 Å². The number of hydrogen-bond donors (Lipinski definition) is 1. The second kappa shape index (κ2) is 13.6. The number of carbonyl (C=O) groups is 1. The minimum Gasteiger partial charge on any atom is -0.512 e. The summed E-state index contributed by atoms with van der Waals surface area (Å²) in [6, 6.07) is 14.9. The van der Waals surface area contributed by atoms with Gasteiger partial charge in [0.25, 0.3) is 0 Å². The molecule has 0 fully saturated rings. The van der Waals surface area contributed by atoms with Crippen molar-refractivity contribution in [2.45, 2.75) is 108 Å². The summed E-state index contributed by atoms with van der Waals surface area (Å²) in [5, 5.41) is 12.1. The Morgan fingerprint density at radius 3 is 2.05 bits per heavy atom. The topological polar surface area (TPSA) is 50.2 Å². The zero-order valence-corrected chi connectivity index (χ0v) is 29.4. The average Bonchev–Trinajstić information content (AvgIpc) is 2.81. The number of pyridine rings is 1. The molecular formula is C36H50IrNO2-. The number of rotatable bonds is 4. The first kappa shape index (κ1) is 35.7. The Bertz CT molecular complexity index is 1350. The van der Waals surface area contributed by atoms with E-state index in [0.29, 0.717) is 5.92 Å². The molecule has 1 heterocycles. The predicted octanol–water partition coefficient (Wildman–Crippen LogP) is 10.2. The number of allylic oxidation sites excluding steroid dienone is 2. The van der Waals surface area contributed by atoms with Gasteiger partial charge in [-0.3, -0.25) is 4.79 Å². The van der Waals surface area contributed by atoms with Crippen molar-refractivity contribution >= 4 is 16.6 Å². The van der Waals surface area contributed by atoms with Crippen molar-refractivity contribution in [2.75, 3.05) is 0 Å². The van der Waals surface area contributed by atoms with Crippen LogP contribution in [-0.2, 0) is 30.3 Å². The molecule has 1 aromatic heterocycles. The van der Waals surface area contributed by atoms with E-state index in [0.717, 1.165) is 17.7 Å². The third kappa shape index (κ3) is 9.38. The summed E-state index contributed by atoms with van der Waals surface area (Å²) >= 11 is 0. The van der Waals surface area contributed by atoms with Gasteiger partial charge in [-0.15, -0.1) is 34.9 Å². The molecule has 0 aliphatic heterocycles. The van der Waals surface area contributed by atoms with Crippen molar-refractivity contribution in [3.63, 3.8) is 0 Å². The summed E-state index contributed by atoms with van der Waals surface area (Å²) in [4.78, 5) is 16.3. The van der Waals surface area contributed by atoms with Crippen LogP contribution in [0.3, 0.4) is 0 Å². The predicted molar refractivity (Wildman–Crippen MR) is 168 cm³/mol. The number of hydrogen-bond acceptors (Lipinski definition) is 3. The van der Waals surface area contributed by atoms with Crippen LogP contribution in [0, 0.1) is 30.7 Å². The van der Waals surface area contributed by atoms with Crippen molar-refractivity contribution < 1.29 is 30.0 Å².